The number of nitrogens with zero attached hydrogens (tertiary/aromatic N) is 2. The van der Waals surface area contributed by atoms with Crippen molar-refractivity contribution in [2.45, 2.75) is 6.54 Å². The molecule has 0 atom stereocenters. The average molecular weight is 381 g/mol. The van der Waals surface area contributed by atoms with E-state index in [2.05, 4.69) is 4.98 Å². The Morgan fingerprint density at radius 2 is 1.81 bits per heavy atom. The second-order valence-corrected chi connectivity index (χ2v) is 6.57. The fraction of sp³-hybridized carbons (Fsp3) is 0.0476. The minimum atomic E-state index is -1.02. The molecule has 0 spiro atoms. The summed E-state index contributed by atoms with van der Waals surface area (Å²) in [6.45, 7) is 0.418. The normalized spacial score (nSPS) is 11.0. The molecule has 0 aliphatic rings. The van der Waals surface area contributed by atoms with Gasteiger partial charge in [-0.3, -0.25) is 0 Å². The van der Waals surface area contributed by atoms with E-state index in [-0.39, 0.29) is 11.4 Å². The molecular formula is C21H14ClFN2O2. The molecule has 0 aliphatic carbocycles. The number of carboxylic acid groups (broad SMARTS) is 1. The molecule has 1 aromatic heterocycles. The molecule has 0 fully saturated rings. The van der Waals surface area contributed by atoms with Crippen LogP contribution in [0.3, 0.4) is 0 Å². The highest BCUT2D eigenvalue weighted by Gasteiger charge is 2.18. The van der Waals surface area contributed by atoms with Crippen LogP contribution in [0.4, 0.5) is 4.39 Å². The average Bonchev–Trinajstić information content (AvgIpc) is 3.01. The van der Waals surface area contributed by atoms with E-state index in [1.807, 2.05) is 10.6 Å². The first-order chi connectivity index (χ1) is 13.0. The van der Waals surface area contributed by atoms with Gasteiger partial charge in [-0.15, -0.1) is 0 Å². The monoisotopic (exact) mass is 380 g/mol. The van der Waals surface area contributed by atoms with Crippen LogP contribution < -0.4 is 0 Å². The summed E-state index contributed by atoms with van der Waals surface area (Å²) < 4.78 is 15.2. The van der Waals surface area contributed by atoms with E-state index in [4.69, 9.17) is 11.6 Å². The first-order valence-electron chi connectivity index (χ1n) is 8.26. The van der Waals surface area contributed by atoms with Crippen molar-refractivity contribution in [1.29, 1.82) is 0 Å². The molecule has 4 aromatic rings. The zero-order valence-electron chi connectivity index (χ0n) is 14.1. The van der Waals surface area contributed by atoms with Crippen LogP contribution in [0.5, 0.6) is 0 Å². The molecule has 134 valence electrons. The second-order valence-electron chi connectivity index (χ2n) is 6.13. The summed E-state index contributed by atoms with van der Waals surface area (Å²) in [6.07, 6.45) is 0. The molecule has 27 heavy (non-hydrogen) atoms. The lowest BCUT2D eigenvalue weighted by molar-refractivity contribution is 0.0697. The van der Waals surface area contributed by atoms with E-state index >= 15 is 0 Å². The summed E-state index contributed by atoms with van der Waals surface area (Å²) in [5.74, 6) is -0.809. The molecule has 0 radical (unpaired) electrons. The van der Waals surface area contributed by atoms with E-state index < -0.39 is 5.97 Å². The fourth-order valence-electron chi connectivity index (χ4n) is 3.11. The van der Waals surface area contributed by atoms with Gasteiger partial charge >= 0.3 is 5.97 Å². The molecule has 0 aliphatic heterocycles. The summed E-state index contributed by atoms with van der Waals surface area (Å²) >= 11 is 6.10. The SMILES string of the molecule is O=C(O)c1ccccc1-c1nc2cc(Cl)ccc2n1Cc1ccc(F)cc1. The molecule has 6 heteroatoms. The van der Waals surface area contributed by atoms with Gasteiger partial charge in [0.25, 0.3) is 0 Å². The molecule has 4 nitrogen and oxygen atoms in total. The van der Waals surface area contributed by atoms with Crippen LogP contribution in [0.15, 0.2) is 66.7 Å². The largest absolute Gasteiger partial charge is 0.478 e. The molecule has 0 unspecified atom stereocenters. The molecule has 1 heterocycles. The third kappa shape index (κ3) is 3.29. The minimum absolute atomic E-state index is 0.166. The highest BCUT2D eigenvalue weighted by Crippen LogP contribution is 2.30. The summed E-state index contributed by atoms with van der Waals surface area (Å²) in [5, 5.41) is 10.1. The van der Waals surface area contributed by atoms with E-state index in [1.165, 1.54) is 12.1 Å². The summed E-state index contributed by atoms with van der Waals surface area (Å²) in [4.78, 5) is 16.3. The number of aromatic carboxylic acids is 1. The molecule has 1 N–H and O–H groups in total. The van der Waals surface area contributed by atoms with Gasteiger partial charge in [0.1, 0.15) is 11.6 Å². The molecular weight excluding hydrogens is 367 g/mol. The van der Waals surface area contributed by atoms with Crippen molar-refractivity contribution in [2.24, 2.45) is 0 Å². The first kappa shape index (κ1) is 17.2. The maximum Gasteiger partial charge on any atom is 0.336 e. The van der Waals surface area contributed by atoms with Crippen molar-refractivity contribution in [3.63, 3.8) is 0 Å². The van der Waals surface area contributed by atoms with Crippen molar-refractivity contribution >= 4 is 28.6 Å². The predicted molar refractivity (Wildman–Crippen MR) is 103 cm³/mol. The van der Waals surface area contributed by atoms with Gasteiger partial charge in [-0.05, 0) is 42.0 Å². The highest BCUT2D eigenvalue weighted by molar-refractivity contribution is 6.31. The number of aromatic nitrogens is 2. The zero-order chi connectivity index (χ0) is 19.0. The van der Waals surface area contributed by atoms with Crippen molar-refractivity contribution in [1.82, 2.24) is 9.55 Å². The summed E-state index contributed by atoms with van der Waals surface area (Å²) in [6, 6.07) is 18.3. The van der Waals surface area contributed by atoms with Gasteiger partial charge in [0.15, 0.2) is 0 Å². The van der Waals surface area contributed by atoms with Crippen molar-refractivity contribution < 1.29 is 14.3 Å². The summed E-state index contributed by atoms with van der Waals surface area (Å²) in [7, 11) is 0. The van der Waals surface area contributed by atoms with E-state index in [0.29, 0.717) is 28.5 Å². The van der Waals surface area contributed by atoms with Crippen molar-refractivity contribution in [3.8, 4) is 11.4 Å². The minimum Gasteiger partial charge on any atom is -0.478 e. The first-order valence-corrected chi connectivity index (χ1v) is 8.63. The van der Waals surface area contributed by atoms with Crippen LogP contribution in [0.2, 0.25) is 5.02 Å². The summed E-state index contributed by atoms with van der Waals surface area (Å²) in [5.41, 5.74) is 3.04. The van der Waals surface area contributed by atoms with Gasteiger partial charge in [0, 0.05) is 17.1 Å². The van der Waals surface area contributed by atoms with Gasteiger partial charge in [0.05, 0.1) is 16.6 Å². The Balaban J connectivity index is 1.94. The molecule has 0 bridgehead atoms. The van der Waals surface area contributed by atoms with Crippen LogP contribution in [-0.2, 0) is 6.54 Å². The van der Waals surface area contributed by atoms with Gasteiger partial charge in [-0.2, -0.15) is 0 Å². The quantitative estimate of drug-likeness (QED) is 0.526. The van der Waals surface area contributed by atoms with E-state index in [0.717, 1.165) is 11.1 Å². The van der Waals surface area contributed by atoms with Gasteiger partial charge in [0.2, 0.25) is 0 Å². The third-order valence-electron chi connectivity index (χ3n) is 4.36. The second kappa shape index (κ2) is 6.85. The van der Waals surface area contributed by atoms with Gasteiger partial charge < -0.3 is 9.67 Å². The number of rotatable bonds is 4. The number of halogens is 2. The Morgan fingerprint density at radius 3 is 2.56 bits per heavy atom. The molecule has 0 saturated carbocycles. The van der Waals surface area contributed by atoms with Crippen LogP contribution >= 0.6 is 11.6 Å². The number of hydrogen-bond donors (Lipinski definition) is 1. The number of imidazole rings is 1. The number of benzene rings is 3. The Hall–Kier alpha value is -3.18. The Bertz CT molecular complexity index is 1150. The van der Waals surface area contributed by atoms with E-state index in [9.17, 15) is 14.3 Å². The maximum atomic E-state index is 13.2. The van der Waals surface area contributed by atoms with Crippen LogP contribution in [0.1, 0.15) is 15.9 Å². The fourth-order valence-corrected chi connectivity index (χ4v) is 3.27. The molecule has 0 saturated heterocycles. The van der Waals surface area contributed by atoms with Crippen molar-refractivity contribution in [3.05, 3.63) is 88.7 Å². The van der Waals surface area contributed by atoms with E-state index in [1.54, 1.807) is 48.5 Å². The smallest absolute Gasteiger partial charge is 0.336 e. The van der Waals surface area contributed by atoms with Crippen molar-refractivity contribution in [2.75, 3.05) is 0 Å². The molecule has 4 rings (SSSR count). The standard InChI is InChI=1S/C21H14ClFN2O2/c22-14-7-10-19-18(11-14)24-20(16-3-1-2-4-17(16)21(26)27)25(19)12-13-5-8-15(23)9-6-13/h1-11H,12H2,(H,26,27). The van der Waals surface area contributed by atoms with Crippen LogP contribution in [0.25, 0.3) is 22.4 Å². The predicted octanol–water partition coefficient (Wildman–Crippen LogP) is 5.24. The lowest BCUT2D eigenvalue weighted by Crippen LogP contribution is -2.06. The maximum absolute atomic E-state index is 13.2. The Labute approximate surface area is 159 Å². The zero-order valence-corrected chi connectivity index (χ0v) is 14.8. The topological polar surface area (TPSA) is 55.1 Å². The lowest BCUT2D eigenvalue weighted by atomic mass is 10.1. The van der Waals surface area contributed by atoms with Gasteiger partial charge in [-0.25, -0.2) is 14.2 Å². The molecule has 0 amide bonds. The number of fused-ring (bicyclic) bond motifs is 1. The van der Waals surface area contributed by atoms with Gasteiger partial charge in [-0.1, -0.05) is 41.9 Å². The Kier molecular flexibility index (Phi) is 4.38. The number of hydrogen-bond acceptors (Lipinski definition) is 2. The highest BCUT2D eigenvalue weighted by atomic mass is 35.5. The number of carboxylic acids is 1. The van der Waals surface area contributed by atoms with Crippen LogP contribution in [-0.4, -0.2) is 20.6 Å². The Morgan fingerprint density at radius 1 is 1.07 bits per heavy atom. The molecule has 3 aromatic carbocycles. The van der Waals surface area contributed by atoms with Crippen LogP contribution in [0, 0.1) is 5.82 Å². The number of carbonyl (C=O) groups is 1. The lowest BCUT2D eigenvalue weighted by Gasteiger charge is -2.11. The third-order valence-corrected chi connectivity index (χ3v) is 4.60.